The Morgan fingerprint density at radius 2 is 1.50 bits per heavy atom. The summed E-state index contributed by atoms with van der Waals surface area (Å²) in [5.41, 5.74) is 5.05. The quantitative estimate of drug-likeness (QED) is 0.318. The van der Waals surface area contributed by atoms with Crippen LogP contribution in [0.15, 0.2) is 0 Å². The highest BCUT2D eigenvalue weighted by Crippen LogP contribution is 1.94. The number of nitrogens with two attached hydrogens (primary N) is 1. The third-order valence-electron chi connectivity index (χ3n) is 3.00. The predicted octanol–water partition coefficient (Wildman–Crippen LogP) is -0.279. The number of nitrogens with one attached hydrogen (secondary N) is 2. The van der Waals surface area contributed by atoms with Gasteiger partial charge in [0.15, 0.2) is 0 Å². The molecule has 0 aliphatic heterocycles. The summed E-state index contributed by atoms with van der Waals surface area (Å²) < 4.78 is 16.0. The maximum Gasteiger partial charge on any atom is 0.246 e. The molecule has 152 valence electrons. The van der Waals surface area contributed by atoms with Gasteiger partial charge in [-0.05, 0) is 20.3 Å². The Morgan fingerprint density at radius 3 is 2.04 bits per heavy atom. The third kappa shape index (κ3) is 15.8. The van der Waals surface area contributed by atoms with Crippen molar-refractivity contribution in [1.29, 1.82) is 0 Å². The van der Waals surface area contributed by atoms with Crippen LogP contribution < -0.4 is 16.4 Å². The molecule has 26 heavy (non-hydrogen) atoms. The zero-order valence-corrected chi connectivity index (χ0v) is 16.0. The number of primary amides is 1. The van der Waals surface area contributed by atoms with Crippen molar-refractivity contribution in [3.63, 3.8) is 0 Å². The lowest BCUT2D eigenvalue weighted by Crippen LogP contribution is -2.43. The average Bonchev–Trinajstić information content (AvgIpc) is 2.54. The Balaban J connectivity index is 4.19. The standard InChI is InChI=1S/C17H33N3O6/c1-4-7-24-12-17(23)20-14(10-25-8-5-15(18)21)11-26-9-6-16(22)19-13(2)3/h13-14H,4-12H2,1-3H3,(H2,18,21)(H,19,22)(H,20,23). The summed E-state index contributed by atoms with van der Waals surface area (Å²) in [6.45, 7) is 6.95. The molecule has 0 spiro atoms. The Kier molecular flexibility index (Phi) is 14.5. The van der Waals surface area contributed by atoms with Gasteiger partial charge in [-0.15, -0.1) is 0 Å². The van der Waals surface area contributed by atoms with E-state index in [0.717, 1.165) is 6.42 Å². The van der Waals surface area contributed by atoms with Gasteiger partial charge in [-0.25, -0.2) is 0 Å². The van der Waals surface area contributed by atoms with Crippen LogP contribution in [0.2, 0.25) is 0 Å². The first kappa shape index (κ1) is 24.3. The largest absolute Gasteiger partial charge is 0.379 e. The first-order chi connectivity index (χ1) is 12.3. The highest BCUT2D eigenvalue weighted by Gasteiger charge is 2.14. The lowest BCUT2D eigenvalue weighted by atomic mass is 10.3. The van der Waals surface area contributed by atoms with E-state index in [0.29, 0.717) is 6.61 Å². The summed E-state index contributed by atoms with van der Waals surface area (Å²) in [4.78, 5) is 34.1. The molecular formula is C17H33N3O6. The molecule has 0 bridgehead atoms. The summed E-state index contributed by atoms with van der Waals surface area (Å²) in [5, 5.41) is 5.52. The van der Waals surface area contributed by atoms with E-state index in [9.17, 15) is 14.4 Å². The summed E-state index contributed by atoms with van der Waals surface area (Å²) in [7, 11) is 0. The average molecular weight is 375 g/mol. The number of carbonyl (C=O) groups is 3. The van der Waals surface area contributed by atoms with Gasteiger partial charge in [-0.2, -0.15) is 0 Å². The van der Waals surface area contributed by atoms with Crippen LogP contribution in [0.3, 0.4) is 0 Å². The molecule has 9 heteroatoms. The number of hydrogen-bond donors (Lipinski definition) is 3. The molecule has 0 aromatic carbocycles. The minimum atomic E-state index is -0.453. The van der Waals surface area contributed by atoms with Gasteiger partial charge in [0.05, 0.1) is 32.5 Å². The molecule has 1 unspecified atom stereocenters. The van der Waals surface area contributed by atoms with Gasteiger partial charge in [0, 0.05) is 25.5 Å². The van der Waals surface area contributed by atoms with E-state index in [1.54, 1.807) is 0 Å². The molecule has 0 rings (SSSR count). The number of rotatable bonds is 16. The molecule has 0 heterocycles. The molecule has 0 aromatic rings. The molecule has 0 aliphatic carbocycles. The van der Waals surface area contributed by atoms with Crippen molar-refractivity contribution < 1.29 is 28.6 Å². The van der Waals surface area contributed by atoms with Crippen LogP contribution in [0.25, 0.3) is 0 Å². The van der Waals surface area contributed by atoms with Gasteiger partial charge in [0.2, 0.25) is 17.7 Å². The smallest absolute Gasteiger partial charge is 0.246 e. The van der Waals surface area contributed by atoms with Crippen molar-refractivity contribution in [3.05, 3.63) is 0 Å². The van der Waals surface area contributed by atoms with E-state index in [1.165, 1.54) is 0 Å². The van der Waals surface area contributed by atoms with Crippen LogP contribution in [0.5, 0.6) is 0 Å². The normalized spacial score (nSPS) is 12.0. The van der Waals surface area contributed by atoms with Gasteiger partial charge in [-0.1, -0.05) is 6.92 Å². The Bertz CT molecular complexity index is 417. The fraction of sp³-hybridized carbons (Fsp3) is 0.824. The van der Waals surface area contributed by atoms with Crippen LogP contribution in [-0.2, 0) is 28.6 Å². The molecule has 3 amide bonds. The number of carbonyl (C=O) groups excluding carboxylic acids is 3. The molecular weight excluding hydrogens is 342 g/mol. The number of ether oxygens (including phenoxy) is 3. The zero-order valence-electron chi connectivity index (χ0n) is 16.0. The summed E-state index contributed by atoms with van der Waals surface area (Å²) >= 11 is 0. The van der Waals surface area contributed by atoms with Crippen molar-refractivity contribution in [2.45, 2.75) is 52.1 Å². The predicted molar refractivity (Wildman–Crippen MR) is 96.4 cm³/mol. The minimum Gasteiger partial charge on any atom is -0.379 e. The molecule has 0 saturated heterocycles. The van der Waals surface area contributed by atoms with Gasteiger partial charge < -0.3 is 30.6 Å². The van der Waals surface area contributed by atoms with Crippen molar-refractivity contribution >= 4 is 17.7 Å². The second-order valence-electron chi connectivity index (χ2n) is 6.16. The summed E-state index contributed by atoms with van der Waals surface area (Å²) in [5.74, 6) is -0.819. The van der Waals surface area contributed by atoms with Crippen LogP contribution in [0, 0.1) is 0 Å². The highest BCUT2D eigenvalue weighted by molar-refractivity contribution is 5.77. The number of hydrogen-bond acceptors (Lipinski definition) is 6. The molecule has 0 saturated carbocycles. The fourth-order valence-electron chi connectivity index (χ4n) is 1.89. The fourth-order valence-corrected chi connectivity index (χ4v) is 1.89. The second-order valence-corrected chi connectivity index (χ2v) is 6.16. The van der Waals surface area contributed by atoms with Crippen LogP contribution in [0.4, 0.5) is 0 Å². The van der Waals surface area contributed by atoms with Crippen LogP contribution >= 0.6 is 0 Å². The Hall–Kier alpha value is -1.71. The monoisotopic (exact) mass is 375 g/mol. The first-order valence-corrected chi connectivity index (χ1v) is 8.95. The first-order valence-electron chi connectivity index (χ1n) is 8.95. The molecule has 0 fully saturated rings. The van der Waals surface area contributed by atoms with E-state index in [1.807, 2.05) is 20.8 Å². The second kappa shape index (κ2) is 15.5. The molecule has 0 aliphatic rings. The van der Waals surface area contributed by atoms with Crippen molar-refractivity contribution in [3.8, 4) is 0 Å². The van der Waals surface area contributed by atoms with E-state index in [4.69, 9.17) is 19.9 Å². The lowest BCUT2D eigenvalue weighted by Gasteiger charge is -2.19. The topological polar surface area (TPSA) is 129 Å². The van der Waals surface area contributed by atoms with E-state index >= 15 is 0 Å². The van der Waals surface area contributed by atoms with E-state index in [2.05, 4.69) is 10.6 Å². The van der Waals surface area contributed by atoms with Gasteiger partial charge in [0.25, 0.3) is 0 Å². The minimum absolute atomic E-state index is 0.0393. The third-order valence-corrected chi connectivity index (χ3v) is 3.00. The Labute approximate surface area is 155 Å². The molecule has 1 atom stereocenters. The Morgan fingerprint density at radius 1 is 0.885 bits per heavy atom. The van der Waals surface area contributed by atoms with Crippen LogP contribution in [0.1, 0.15) is 40.0 Å². The van der Waals surface area contributed by atoms with E-state index in [-0.39, 0.29) is 63.7 Å². The molecule has 0 aromatic heterocycles. The van der Waals surface area contributed by atoms with Crippen molar-refractivity contribution in [2.24, 2.45) is 5.73 Å². The van der Waals surface area contributed by atoms with Crippen molar-refractivity contribution in [2.75, 3.05) is 39.6 Å². The highest BCUT2D eigenvalue weighted by atomic mass is 16.5. The van der Waals surface area contributed by atoms with Crippen LogP contribution in [-0.4, -0.2) is 69.4 Å². The zero-order chi connectivity index (χ0) is 19.8. The maximum absolute atomic E-state index is 11.8. The molecule has 0 radical (unpaired) electrons. The summed E-state index contributed by atoms with van der Waals surface area (Å²) in [6.07, 6.45) is 1.17. The molecule has 4 N–H and O–H groups in total. The van der Waals surface area contributed by atoms with Gasteiger partial charge in [-0.3, -0.25) is 14.4 Å². The lowest BCUT2D eigenvalue weighted by molar-refractivity contribution is -0.128. The molecule has 9 nitrogen and oxygen atoms in total. The maximum atomic E-state index is 11.8. The van der Waals surface area contributed by atoms with Gasteiger partial charge in [0.1, 0.15) is 6.61 Å². The van der Waals surface area contributed by atoms with E-state index < -0.39 is 11.9 Å². The SMILES string of the molecule is CCCOCC(=O)NC(COCCC(N)=O)COCCC(=O)NC(C)C. The van der Waals surface area contributed by atoms with Crippen molar-refractivity contribution in [1.82, 2.24) is 10.6 Å². The number of amides is 3. The summed E-state index contributed by atoms with van der Waals surface area (Å²) in [6, 6.07) is -0.329. The van der Waals surface area contributed by atoms with Gasteiger partial charge >= 0.3 is 0 Å².